The summed E-state index contributed by atoms with van der Waals surface area (Å²) in [6.07, 6.45) is 0. The maximum absolute atomic E-state index is 11.8. The molecule has 6 nitrogen and oxygen atoms in total. The second-order valence-corrected chi connectivity index (χ2v) is 6.32. The molecular weight excluding hydrogens is 316 g/mol. The summed E-state index contributed by atoms with van der Waals surface area (Å²) in [6.45, 7) is 8.45. The van der Waals surface area contributed by atoms with Gasteiger partial charge in [-0.15, -0.1) is 0 Å². The minimum absolute atomic E-state index is 0.0622. The first-order valence-corrected chi connectivity index (χ1v) is 8.24. The van der Waals surface area contributed by atoms with Crippen LogP contribution in [-0.4, -0.2) is 44.0 Å². The van der Waals surface area contributed by atoms with Gasteiger partial charge in [-0.2, -0.15) is 0 Å². The molecule has 0 aliphatic rings. The summed E-state index contributed by atoms with van der Waals surface area (Å²) in [5, 5.41) is 7.51. The largest absolute Gasteiger partial charge is 0.459 e. The lowest BCUT2D eigenvalue weighted by Crippen LogP contribution is -2.40. The van der Waals surface area contributed by atoms with Crippen LogP contribution in [0.15, 0.2) is 51.9 Å². The number of rotatable bonds is 6. The number of aliphatic imine (C=N–C) groups is 1. The fourth-order valence-corrected chi connectivity index (χ4v) is 2.17. The zero-order valence-corrected chi connectivity index (χ0v) is 15.3. The van der Waals surface area contributed by atoms with E-state index in [2.05, 4.69) is 22.2 Å². The minimum atomic E-state index is -0.0989. The average molecular weight is 342 g/mol. The van der Waals surface area contributed by atoms with Gasteiger partial charge in [-0.3, -0.25) is 4.79 Å². The van der Waals surface area contributed by atoms with Gasteiger partial charge >= 0.3 is 0 Å². The number of nitrogens with one attached hydrogen (secondary N) is 2. The number of amides is 1. The van der Waals surface area contributed by atoms with E-state index in [1.54, 1.807) is 14.1 Å². The van der Waals surface area contributed by atoms with Crippen LogP contribution in [0.5, 0.6) is 0 Å². The number of hydrogen-bond acceptors (Lipinski definition) is 3. The molecule has 0 fully saturated rings. The van der Waals surface area contributed by atoms with Gasteiger partial charge in [0.15, 0.2) is 5.96 Å². The third kappa shape index (κ3) is 5.38. The monoisotopic (exact) mass is 342 g/mol. The predicted molar refractivity (Wildman–Crippen MR) is 102 cm³/mol. The van der Waals surface area contributed by atoms with Crippen molar-refractivity contribution in [3.8, 4) is 0 Å². The Morgan fingerprint density at radius 1 is 1.36 bits per heavy atom. The molecule has 1 aromatic heterocycles. The van der Waals surface area contributed by atoms with E-state index in [1.807, 2.05) is 44.2 Å². The Kier molecular flexibility index (Phi) is 6.22. The van der Waals surface area contributed by atoms with Gasteiger partial charge in [0.25, 0.3) is 0 Å². The van der Waals surface area contributed by atoms with Gasteiger partial charge in [0.2, 0.25) is 5.91 Å². The summed E-state index contributed by atoms with van der Waals surface area (Å²) in [6, 6.07) is 9.79. The molecular formula is C19H26N4O2. The molecule has 2 N–H and O–H groups in total. The molecule has 0 aliphatic heterocycles. The summed E-state index contributed by atoms with van der Waals surface area (Å²) >= 11 is 0. The predicted octanol–water partition coefficient (Wildman–Crippen LogP) is 2.69. The van der Waals surface area contributed by atoms with Crippen molar-refractivity contribution in [1.29, 1.82) is 0 Å². The molecule has 0 radical (unpaired) electrons. The van der Waals surface area contributed by atoms with Crippen LogP contribution in [0, 0.1) is 0 Å². The molecule has 1 amide bonds. The number of furan rings is 1. The van der Waals surface area contributed by atoms with Gasteiger partial charge < -0.3 is 20.0 Å². The van der Waals surface area contributed by atoms with Crippen LogP contribution in [0.2, 0.25) is 0 Å². The molecule has 2 rings (SSSR count). The van der Waals surface area contributed by atoms with Crippen molar-refractivity contribution >= 4 is 22.8 Å². The Bertz CT molecular complexity index is 744. The van der Waals surface area contributed by atoms with E-state index in [4.69, 9.17) is 4.42 Å². The van der Waals surface area contributed by atoms with E-state index >= 15 is 0 Å². The van der Waals surface area contributed by atoms with E-state index in [1.165, 1.54) is 4.90 Å². The van der Waals surface area contributed by atoms with Gasteiger partial charge in [-0.05, 0) is 26.0 Å². The molecule has 134 valence electrons. The van der Waals surface area contributed by atoms with Crippen molar-refractivity contribution in [3.05, 3.63) is 48.2 Å². The number of benzene rings is 1. The third-order valence-electron chi connectivity index (χ3n) is 3.65. The lowest BCUT2D eigenvalue weighted by molar-refractivity contribution is -0.127. The first-order valence-electron chi connectivity index (χ1n) is 8.24. The second kappa shape index (κ2) is 8.37. The Morgan fingerprint density at radius 3 is 2.72 bits per heavy atom. The molecule has 1 heterocycles. The number of carbonyl (C=O) groups excluding carboxylic acids is 1. The van der Waals surface area contributed by atoms with Crippen LogP contribution in [0.3, 0.4) is 0 Å². The zero-order valence-electron chi connectivity index (χ0n) is 15.3. The highest BCUT2D eigenvalue weighted by Crippen LogP contribution is 2.23. The van der Waals surface area contributed by atoms with Gasteiger partial charge in [0.1, 0.15) is 17.9 Å². The average Bonchev–Trinajstić information content (AvgIpc) is 3.00. The summed E-state index contributed by atoms with van der Waals surface area (Å²) in [7, 11) is 3.42. The van der Waals surface area contributed by atoms with Crippen molar-refractivity contribution < 1.29 is 9.21 Å². The lowest BCUT2D eigenvalue weighted by atomic mass is 10.2. The Hall–Kier alpha value is -2.76. The van der Waals surface area contributed by atoms with E-state index in [0.29, 0.717) is 12.5 Å². The van der Waals surface area contributed by atoms with Crippen LogP contribution in [0.1, 0.15) is 25.6 Å². The van der Waals surface area contributed by atoms with E-state index in [-0.39, 0.29) is 18.5 Å². The Labute approximate surface area is 148 Å². The fourth-order valence-electron chi connectivity index (χ4n) is 2.17. The first kappa shape index (κ1) is 18.6. The van der Waals surface area contributed by atoms with Crippen LogP contribution < -0.4 is 10.6 Å². The smallest absolute Gasteiger partial charge is 0.243 e. The van der Waals surface area contributed by atoms with Crippen molar-refractivity contribution in [2.24, 2.45) is 4.99 Å². The molecule has 0 bridgehead atoms. The molecule has 2 aromatic rings. The van der Waals surface area contributed by atoms with Crippen LogP contribution >= 0.6 is 0 Å². The highest BCUT2D eigenvalue weighted by atomic mass is 16.3. The minimum Gasteiger partial charge on any atom is -0.459 e. The number of carbonyl (C=O) groups is 1. The maximum atomic E-state index is 11.8. The molecule has 1 unspecified atom stereocenters. The molecule has 0 aliphatic carbocycles. The number of fused-ring (bicyclic) bond motifs is 1. The van der Waals surface area contributed by atoms with E-state index in [9.17, 15) is 4.79 Å². The number of para-hydroxylation sites is 1. The Morgan fingerprint density at radius 2 is 2.08 bits per heavy atom. The molecule has 1 aromatic carbocycles. The van der Waals surface area contributed by atoms with Crippen LogP contribution in [0.25, 0.3) is 11.0 Å². The number of likely N-dealkylation sites (N-methyl/N-ethyl adjacent to an activating group) is 1. The van der Waals surface area contributed by atoms with Gasteiger partial charge in [-0.1, -0.05) is 30.4 Å². The topological polar surface area (TPSA) is 69.9 Å². The van der Waals surface area contributed by atoms with Crippen molar-refractivity contribution in [2.75, 3.05) is 27.2 Å². The van der Waals surface area contributed by atoms with Gasteiger partial charge in [-0.25, -0.2) is 4.99 Å². The summed E-state index contributed by atoms with van der Waals surface area (Å²) in [5.41, 5.74) is 1.83. The molecule has 25 heavy (non-hydrogen) atoms. The van der Waals surface area contributed by atoms with Gasteiger partial charge in [0, 0.05) is 26.0 Å². The zero-order chi connectivity index (χ0) is 18.4. The molecule has 6 heteroatoms. The lowest BCUT2D eigenvalue weighted by Gasteiger charge is -2.17. The van der Waals surface area contributed by atoms with E-state index in [0.717, 1.165) is 22.3 Å². The maximum Gasteiger partial charge on any atom is 0.243 e. The van der Waals surface area contributed by atoms with Crippen molar-refractivity contribution in [1.82, 2.24) is 15.5 Å². The van der Waals surface area contributed by atoms with E-state index < -0.39 is 0 Å². The molecule has 0 spiro atoms. The van der Waals surface area contributed by atoms with Crippen molar-refractivity contribution in [2.45, 2.75) is 19.9 Å². The normalized spacial score (nSPS) is 12.7. The number of guanidine groups is 1. The summed E-state index contributed by atoms with van der Waals surface area (Å²) < 4.78 is 5.88. The first-order chi connectivity index (χ1) is 11.9. The second-order valence-electron chi connectivity index (χ2n) is 6.32. The SMILES string of the molecule is C=C(C)CNC(=NCC(=O)N(C)C)NC(C)c1cc2ccccc2o1. The third-order valence-corrected chi connectivity index (χ3v) is 3.65. The highest BCUT2D eigenvalue weighted by molar-refractivity contribution is 5.85. The highest BCUT2D eigenvalue weighted by Gasteiger charge is 2.13. The quantitative estimate of drug-likeness (QED) is 0.481. The molecule has 0 saturated heterocycles. The van der Waals surface area contributed by atoms with Crippen LogP contribution in [-0.2, 0) is 4.79 Å². The van der Waals surface area contributed by atoms with Crippen molar-refractivity contribution in [3.63, 3.8) is 0 Å². The van der Waals surface area contributed by atoms with Gasteiger partial charge in [0.05, 0.1) is 6.04 Å². The fraction of sp³-hybridized carbons (Fsp3) is 0.368. The standard InChI is InChI=1S/C19H26N4O2/c1-13(2)11-20-19(21-12-18(24)23(4)5)22-14(3)17-10-15-8-6-7-9-16(15)25-17/h6-10,14H,1,11-12H2,2-5H3,(H2,20,21,22). The number of hydrogen-bond donors (Lipinski definition) is 2. The molecule has 0 saturated carbocycles. The summed E-state index contributed by atoms with van der Waals surface area (Å²) in [5.74, 6) is 1.30. The number of nitrogens with zero attached hydrogens (tertiary/aromatic N) is 2. The Balaban J connectivity index is 2.11. The van der Waals surface area contributed by atoms with Crippen LogP contribution in [0.4, 0.5) is 0 Å². The molecule has 1 atom stereocenters. The summed E-state index contributed by atoms with van der Waals surface area (Å²) in [4.78, 5) is 17.7.